The molecule has 2 aliphatic rings. The largest absolute Gasteiger partial charge is 0.472 e. The fourth-order valence-electron chi connectivity index (χ4n) is 1.24. The molecule has 0 aromatic carbocycles. The van der Waals surface area contributed by atoms with Crippen LogP contribution in [-0.2, 0) is 4.74 Å². The predicted octanol–water partition coefficient (Wildman–Crippen LogP) is 2.86. The van der Waals surface area contributed by atoms with Crippen LogP contribution < -0.4 is 0 Å². The van der Waals surface area contributed by atoms with Crippen LogP contribution in [0.1, 0.15) is 6.42 Å². The van der Waals surface area contributed by atoms with Crippen molar-refractivity contribution in [1.82, 2.24) is 0 Å². The maximum absolute atomic E-state index is 5.16. The average molecular weight is 158 g/mol. The Morgan fingerprint density at radius 1 is 1.17 bits per heavy atom. The molecule has 0 bridgehead atoms. The first-order chi connectivity index (χ1) is 5.97. The molecule has 12 heavy (non-hydrogen) atoms. The van der Waals surface area contributed by atoms with Gasteiger partial charge in [0.25, 0.3) is 0 Å². The van der Waals surface area contributed by atoms with Gasteiger partial charge in [-0.2, -0.15) is 0 Å². The third-order valence-corrected chi connectivity index (χ3v) is 1.87. The van der Waals surface area contributed by atoms with E-state index in [1.165, 1.54) is 5.57 Å². The van der Waals surface area contributed by atoms with Crippen molar-refractivity contribution in [2.45, 2.75) is 6.42 Å². The number of fused-ring (bicyclic) bond motifs is 1. The highest BCUT2D eigenvalue weighted by atomic mass is 16.5. The van der Waals surface area contributed by atoms with E-state index in [9.17, 15) is 0 Å². The quantitative estimate of drug-likeness (QED) is 0.526. The van der Waals surface area contributed by atoms with Gasteiger partial charge in [0.05, 0.1) is 12.5 Å². The monoisotopic (exact) mass is 158 g/mol. The highest BCUT2D eigenvalue weighted by Gasteiger charge is 2.03. The van der Waals surface area contributed by atoms with Crippen LogP contribution in [0.3, 0.4) is 0 Å². The van der Waals surface area contributed by atoms with Gasteiger partial charge in [0.2, 0.25) is 0 Å². The lowest BCUT2D eigenvalue weighted by atomic mass is 10.0. The Morgan fingerprint density at radius 3 is 3.17 bits per heavy atom. The Hall–Kier alpha value is -1.50. The summed E-state index contributed by atoms with van der Waals surface area (Å²) < 4.78 is 5.16. The minimum atomic E-state index is 0.945. The molecule has 0 saturated heterocycles. The second kappa shape index (κ2) is 3.26. The zero-order valence-electron chi connectivity index (χ0n) is 6.73. The Bertz CT molecular complexity index is 314. The van der Waals surface area contributed by atoms with E-state index in [4.69, 9.17) is 4.74 Å². The molecule has 60 valence electrons. The molecule has 1 aliphatic carbocycles. The van der Waals surface area contributed by atoms with Crippen molar-refractivity contribution in [3.63, 3.8) is 0 Å². The maximum atomic E-state index is 5.16. The molecular weight excluding hydrogens is 148 g/mol. The van der Waals surface area contributed by atoms with Gasteiger partial charge in [-0.05, 0) is 18.1 Å². The molecule has 0 radical (unpaired) electrons. The Balaban J connectivity index is 2.38. The molecule has 0 N–H and O–H groups in total. The second-order valence-corrected chi connectivity index (χ2v) is 2.72. The van der Waals surface area contributed by atoms with Crippen LogP contribution in [0.15, 0.2) is 60.1 Å². The Kier molecular flexibility index (Phi) is 1.95. The summed E-state index contributed by atoms with van der Waals surface area (Å²) in [4.78, 5) is 0. The van der Waals surface area contributed by atoms with E-state index in [-0.39, 0.29) is 0 Å². The van der Waals surface area contributed by atoms with Gasteiger partial charge in [-0.1, -0.05) is 30.4 Å². The molecule has 2 rings (SSSR count). The normalized spacial score (nSPS) is 20.0. The molecule has 1 aliphatic heterocycles. The van der Waals surface area contributed by atoms with Crippen molar-refractivity contribution in [3.05, 3.63) is 60.1 Å². The van der Waals surface area contributed by atoms with Crippen LogP contribution in [0.2, 0.25) is 0 Å². The zero-order valence-corrected chi connectivity index (χ0v) is 6.73. The predicted molar refractivity (Wildman–Crippen MR) is 49.3 cm³/mol. The summed E-state index contributed by atoms with van der Waals surface area (Å²) in [6.45, 7) is 0. The Labute approximate surface area is 72.0 Å². The fourth-order valence-corrected chi connectivity index (χ4v) is 1.24. The number of hydrogen-bond donors (Lipinski definition) is 0. The number of allylic oxidation sites excluding steroid dienone is 8. The van der Waals surface area contributed by atoms with Crippen molar-refractivity contribution in [2.24, 2.45) is 0 Å². The van der Waals surface area contributed by atoms with E-state index in [0.29, 0.717) is 0 Å². The third kappa shape index (κ3) is 1.40. The first-order valence-corrected chi connectivity index (χ1v) is 4.02. The molecular formula is C11H10O. The summed E-state index contributed by atoms with van der Waals surface area (Å²) in [6.07, 6.45) is 16.7. The lowest BCUT2D eigenvalue weighted by Crippen LogP contribution is -1.82. The lowest BCUT2D eigenvalue weighted by Gasteiger charge is -2.00. The third-order valence-electron chi connectivity index (χ3n) is 1.87. The highest BCUT2D eigenvalue weighted by Crippen LogP contribution is 2.21. The van der Waals surface area contributed by atoms with E-state index in [2.05, 4.69) is 12.2 Å². The van der Waals surface area contributed by atoms with E-state index >= 15 is 0 Å². The van der Waals surface area contributed by atoms with E-state index < -0.39 is 0 Å². The number of ether oxygens (including phenoxy) is 1. The summed E-state index contributed by atoms with van der Waals surface area (Å²) in [5, 5.41) is 0. The second-order valence-electron chi connectivity index (χ2n) is 2.72. The van der Waals surface area contributed by atoms with E-state index in [0.717, 1.165) is 12.0 Å². The van der Waals surface area contributed by atoms with Gasteiger partial charge in [0.1, 0.15) is 0 Å². The van der Waals surface area contributed by atoms with Crippen LogP contribution in [0.25, 0.3) is 0 Å². The first-order valence-electron chi connectivity index (χ1n) is 4.02. The van der Waals surface area contributed by atoms with E-state index in [1.54, 1.807) is 12.5 Å². The van der Waals surface area contributed by atoms with Gasteiger partial charge >= 0.3 is 0 Å². The molecule has 0 atom stereocenters. The first kappa shape index (κ1) is 7.17. The SMILES string of the molecule is C1=CC=C2CC=COC=C2C=C1. The van der Waals surface area contributed by atoms with Gasteiger partial charge in [-0.25, -0.2) is 0 Å². The van der Waals surface area contributed by atoms with Gasteiger partial charge in [0.15, 0.2) is 0 Å². The van der Waals surface area contributed by atoms with Crippen molar-refractivity contribution >= 4 is 0 Å². The van der Waals surface area contributed by atoms with Gasteiger partial charge in [-0.15, -0.1) is 0 Å². The van der Waals surface area contributed by atoms with Crippen molar-refractivity contribution < 1.29 is 4.74 Å². The molecule has 0 spiro atoms. The topological polar surface area (TPSA) is 9.23 Å². The summed E-state index contributed by atoms with van der Waals surface area (Å²) in [6, 6.07) is 0. The lowest BCUT2D eigenvalue weighted by molar-refractivity contribution is 0.401. The van der Waals surface area contributed by atoms with Crippen molar-refractivity contribution in [1.29, 1.82) is 0 Å². The summed E-state index contributed by atoms with van der Waals surface area (Å²) >= 11 is 0. The fraction of sp³-hybridized carbons (Fsp3) is 0.0909. The molecule has 1 nitrogen and oxygen atoms in total. The minimum absolute atomic E-state index is 0.945. The van der Waals surface area contributed by atoms with Crippen LogP contribution >= 0.6 is 0 Å². The number of hydrogen-bond acceptors (Lipinski definition) is 1. The summed E-state index contributed by atoms with van der Waals surface area (Å²) in [5.74, 6) is 0. The van der Waals surface area contributed by atoms with Gasteiger partial charge in [0, 0.05) is 5.57 Å². The highest BCUT2D eigenvalue weighted by molar-refractivity contribution is 5.45. The van der Waals surface area contributed by atoms with E-state index in [1.807, 2.05) is 24.3 Å². The summed E-state index contributed by atoms with van der Waals surface area (Å²) in [7, 11) is 0. The Morgan fingerprint density at radius 2 is 2.17 bits per heavy atom. The molecule has 0 unspecified atom stereocenters. The molecule has 0 saturated carbocycles. The number of rotatable bonds is 0. The molecule has 1 heteroatoms. The maximum Gasteiger partial charge on any atom is 0.0976 e. The molecule has 0 fully saturated rings. The van der Waals surface area contributed by atoms with Gasteiger partial charge < -0.3 is 4.74 Å². The molecule has 0 aromatic heterocycles. The standard InChI is InChI=1S/C11H10O/c1-2-5-10-7-4-8-12-9-11(10)6-3-1/h1-6,8-9H,7H2. The molecule has 0 amide bonds. The van der Waals surface area contributed by atoms with Crippen LogP contribution in [0.5, 0.6) is 0 Å². The molecule has 1 heterocycles. The molecule has 0 aromatic rings. The average Bonchev–Trinajstić information content (AvgIpc) is 2.38. The van der Waals surface area contributed by atoms with Crippen LogP contribution in [-0.4, -0.2) is 0 Å². The van der Waals surface area contributed by atoms with Gasteiger partial charge in [-0.3, -0.25) is 0 Å². The summed E-state index contributed by atoms with van der Waals surface area (Å²) in [5.41, 5.74) is 2.46. The van der Waals surface area contributed by atoms with Crippen LogP contribution in [0, 0.1) is 0 Å². The van der Waals surface area contributed by atoms with Crippen molar-refractivity contribution in [2.75, 3.05) is 0 Å². The van der Waals surface area contributed by atoms with Crippen molar-refractivity contribution in [3.8, 4) is 0 Å². The van der Waals surface area contributed by atoms with Crippen LogP contribution in [0.4, 0.5) is 0 Å². The minimum Gasteiger partial charge on any atom is -0.472 e. The zero-order chi connectivity index (χ0) is 8.23. The smallest absolute Gasteiger partial charge is 0.0976 e.